The van der Waals surface area contributed by atoms with Gasteiger partial charge in [-0.1, -0.05) is 24.6 Å². The molecule has 2 aromatic heterocycles. The quantitative estimate of drug-likeness (QED) is 0.539. The molecule has 0 aliphatic carbocycles. The second kappa shape index (κ2) is 9.96. The summed E-state index contributed by atoms with van der Waals surface area (Å²) >= 11 is 0. The van der Waals surface area contributed by atoms with Crippen molar-refractivity contribution in [2.75, 3.05) is 13.1 Å². The molecular weight excluding hydrogens is 378 g/mol. The molecule has 1 aromatic carbocycles. The number of carbonyl (C=O) groups is 2. The van der Waals surface area contributed by atoms with Crippen LogP contribution in [0.2, 0.25) is 0 Å². The number of hydrogen-bond donors (Lipinski definition) is 0. The summed E-state index contributed by atoms with van der Waals surface area (Å²) in [5.41, 5.74) is 2.71. The summed E-state index contributed by atoms with van der Waals surface area (Å²) in [6, 6.07) is 15.1. The Bertz CT molecular complexity index is 958. The Labute approximate surface area is 177 Å². The molecule has 0 N–H and O–H groups in total. The van der Waals surface area contributed by atoms with E-state index in [1.807, 2.05) is 80.2 Å². The predicted octanol–water partition coefficient (Wildman–Crippen LogP) is 4.01. The van der Waals surface area contributed by atoms with Gasteiger partial charge in [0.2, 0.25) is 5.91 Å². The van der Waals surface area contributed by atoms with Crippen LogP contribution in [0.1, 0.15) is 40.7 Å². The average molecular weight is 408 g/mol. The third-order valence-corrected chi connectivity index (χ3v) is 5.09. The van der Waals surface area contributed by atoms with Gasteiger partial charge in [0.05, 0.1) is 19.4 Å². The molecule has 0 aliphatic rings. The second-order valence-electron chi connectivity index (χ2n) is 7.53. The van der Waals surface area contributed by atoms with Crippen LogP contribution in [0.4, 0.5) is 0 Å². The SMILES string of the molecule is CCCN(CC(=O)N(Cc1ccco1)Cc1cccn1C)C(=O)c1ccc(C)cc1. The zero-order chi connectivity index (χ0) is 21.5. The van der Waals surface area contributed by atoms with Crippen molar-refractivity contribution in [2.45, 2.75) is 33.4 Å². The van der Waals surface area contributed by atoms with E-state index in [9.17, 15) is 9.59 Å². The van der Waals surface area contributed by atoms with Crippen LogP contribution in [0.5, 0.6) is 0 Å². The van der Waals surface area contributed by atoms with Gasteiger partial charge in [-0.3, -0.25) is 9.59 Å². The minimum atomic E-state index is -0.123. The minimum absolute atomic E-state index is 0.0334. The molecule has 0 spiro atoms. The van der Waals surface area contributed by atoms with Gasteiger partial charge in [-0.25, -0.2) is 0 Å². The van der Waals surface area contributed by atoms with Crippen molar-refractivity contribution in [3.63, 3.8) is 0 Å². The molecule has 3 aromatic rings. The molecule has 2 amide bonds. The highest BCUT2D eigenvalue weighted by atomic mass is 16.3. The third-order valence-electron chi connectivity index (χ3n) is 5.09. The number of benzene rings is 1. The first-order valence-electron chi connectivity index (χ1n) is 10.2. The molecule has 0 radical (unpaired) electrons. The lowest BCUT2D eigenvalue weighted by molar-refractivity contribution is -0.133. The summed E-state index contributed by atoms with van der Waals surface area (Å²) in [5.74, 6) is 0.480. The van der Waals surface area contributed by atoms with Crippen LogP contribution in [0.15, 0.2) is 65.4 Å². The number of rotatable bonds is 9. The number of furan rings is 1. The van der Waals surface area contributed by atoms with E-state index in [0.29, 0.717) is 31.0 Å². The van der Waals surface area contributed by atoms with Gasteiger partial charge in [-0.05, 0) is 49.7 Å². The molecule has 30 heavy (non-hydrogen) atoms. The molecule has 2 heterocycles. The van der Waals surface area contributed by atoms with Crippen molar-refractivity contribution in [2.24, 2.45) is 7.05 Å². The molecular formula is C24H29N3O3. The summed E-state index contributed by atoms with van der Waals surface area (Å²) in [5, 5.41) is 0. The summed E-state index contributed by atoms with van der Waals surface area (Å²) < 4.78 is 7.45. The Kier molecular flexibility index (Phi) is 7.12. The van der Waals surface area contributed by atoms with E-state index in [-0.39, 0.29) is 18.4 Å². The molecule has 0 unspecified atom stereocenters. The Balaban J connectivity index is 1.77. The van der Waals surface area contributed by atoms with E-state index in [1.54, 1.807) is 16.1 Å². The van der Waals surface area contributed by atoms with Crippen LogP contribution >= 0.6 is 0 Å². The lowest BCUT2D eigenvalue weighted by Gasteiger charge is -2.27. The first kappa shape index (κ1) is 21.4. The van der Waals surface area contributed by atoms with Crippen molar-refractivity contribution in [3.05, 3.63) is 83.6 Å². The fourth-order valence-corrected chi connectivity index (χ4v) is 3.34. The molecule has 0 saturated heterocycles. The molecule has 158 valence electrons. The van der Waals surface area contributed by atoms with E-state index in [0.717, 1.165) is 17.7 Å². The van der Waals surface area contributed by atoms with Crippen LogP contribution in [0.25, 0.3) is 0 Å². The van der Waals surface area contributed by atoms with Gasteiger partial charge in [-0.2, -0.15) is 0 Å². The fraction of sp³-hybridized carbons (Fsp3) is 0.333. The van der Waals surface area contributed by atoms with Crippen molar-refractivity contribution in [3.8, 4) is 0 Å². The van der Waals surface area contributed by atoms with Gasteiger partial charge in [0, 0.05) is 31.0 Å². The largest absolute Gasteiger partial charge is 0.467 e. The van der Waals surface area contributed by atoms with Crippen LogP contribution in [-0.4, -0.2) is 39.3 Å². The lowest BCUT2D eigenvalue weighted by Crippen LogP contribution is -2.43. The molecule has 0 atom stereocenters. The number of carbonyl (C=O) groups excluding carboxylic acids is 2. The van der Waals surface area contributed by atoms with Gasteiger partial charge in [-0.15, -0.1) is 0 Å². The smallest absolute Gasteiger partial charge is 0.254 e. The Morgan fingerprint density at radius 3 is 2.37 bits per heavy atom. The number of hydrogen-bond acceptors (Lipinski definition) is 3. The normalized spacial score (nSPS) is 10.8. The Hall–Kier alpha value is -3.28. The van der Waals surface area contributed by atoms with Gasteiger partial charge in [0.25, 0.3) is 5.91 Å². The number of amides is 2. The summed E-state index contributed by atoms with van der Waals surface area (Å²) in [4.78, 5) is 29.7. The van der Waals surface area contributed by atoms with E-state index < -0.39 is 0 Å². The summed E-state index contributed by atoms with van der Waals surface area (Å²) in [6.07, 6.45) is 4.33. The second-order valence-corrected chi connectivity index (χ2v) is 7.53. The van der Waals surface area contributed by atoms with E-state index in [4.69, 9.17) is 4.42 Å². The van der Waals surface area contributed by atoms with Crippen molar-refractivity contribution >= 4 is 11.8 Å². The van der Waals surface area contributed by atoms with Crippen LogP contribution < -0.4 is 0 Å². The van der Waals surface area contributed by atoms with E-state index in [2.05, 4.69) is 0 Å². The fourth-order valence-electron chi connectivity index (χ4n) is 3.34. The Morgan fingerprint density at radius 1 is 1.00 bits per heavy atom. The maximum absolute atomic E-state index is 13.3. The van der Waals surface area contributed by atoms with Crippen molar-refractivity contribution in [1.82, 2.24) is 14.4 Å². The van der Waals surface area contributed by atoms with Crippen LogP contribution in [0.3, 0.4) is 0 Å². The standard InChI is InChI=1S/C24H29N3O3/c1-4-13-26(24(29)20-11-9-19(2)10-12-20)18-23(28)27(17-22-8-6-15-30-22)16-21-7-5-14-25(21)3/h5-12,14-15H,4,13,16-18H2,1-3H3. The van der Waals surface area contributed by atoms with E-state index >= 15 is 0 Å². The van der Waals surface area contributed by atoms with Crippen LogP contribution in [-0.2, 0) is 24.9 Å². The zero-order valence-electron chi connectivity index (χ0n) is 17.9. The molecule has 0 saturated carbocycles. The van der Waals surface area contributed by atoms with Gasteiger partial charge >= 0.3 is 0 Å². The van der Waals surface area contributed by atoms with Gasteiger partial charge < -0.3 is 18.8 Å². The lowest BCUT2D eigenvalue weighted by atomic mass is 10.1. The molecule has 6 heteroatoms. The topological polar surface area (TPSA) is 58.7 Å². The Morgan fingerprint density at radius 2 is 1.77 bits per heavy atom. The highest BCUT2D eigenvalue weighted by Gasteiger charge is 2.23. The first-order chi connectivity index (χ1) is 14.5. The van der Waals surface area contributed by atoms with Gasteiger partial charge in [0.15, 0.2) is 0 Å². The monoisotopic (exact) mass is 407 g/mol. The van der Waals surface area contributed by atoms with Crippen molar-refractivity contribution < 1.29 is 14.0 Å². The molecule has 6 nitrogen and oxygen atoms in total. The summed E-state index contributed by atoms with van der Waals surface area (Å²) in [7, 11) is 1.95. The number of aromatic nitrogens is 1. The van der Waals surface area contributed by atoms with Gasteiger partial charge in [0.1, 0.15) is 12.3 Å². The van der Waals surface area contributed by atoms with E-state index in [1.165, 1.54) is 0 Å². The molecule has 0 aliphatic heterocycles. The zero-order valence-corrected chi connectivity index (χ0v) is 17.9. The molecule has 3 rings (SSSR count). The van der Waals surface area contributed by atoms with Crippen LogP contribution in [0, 0.1) is 6.92 Å². The predicted molar refractivity (Wildman–Crippen MR) is 116 cm³/mol. The summed E-state index contributed by atoms with van der Waals surface area (Å²) in [6.45, 7) is 5.35. The first-order valence-corrected chi connectivity index (χ1v) is 10.2. The number of aryl methyl sites for hydroxylation is 2. The maximum atomic E-state index is 13.3. The average Bonchev–Trinajstić information content (AvgIpc) is 3.39. The molecule has 0 bridgehead atoms. The minimum Gasteiger partial charge on any atom is -0.467 e. The maximum Gasteiger partial charge on any atom is 0.254 e. The van der Waals surface area contributed by atoms with Crippen molar-refractivity contribution in [1.29, 1.82) is 0 Å². The highest BCUT2D eigenvalue weighted by Crippen LogP contribution is 2.14. The third kappa shape index (κ3) is 5.41. The highest BCUT2D eigenvalue weighted by molar-refractivity contribution is 5.96. The molecule has 0 fully saturated rings. The number of nitrogens with zero attached hydrogens (tertiary/aromatic N) is 3.